The van der Waals surface area contributed by atoms with Gasteiger partial charge < -0.3 is 15.6 Å². The number of nitrogens with two attached hydrogens (primary N) is 1. The summed E-state index contributed by atoms with van der Waals surface area (Å²) in [5, 5.41) is 12.6. The third-order valence-corrected chi connectivity index (χ3v) is 2.88. The number of thiazole rings is 1. The monoisotopic (exact) mass is 252 g/mol. The molecule has 2 rings (SSSR count). The topological polar surface area (TPSA) is 98.7 Å². The van der Waals surface area contributed by atoms with Gasteiger partial charge in [-0.05, 0) is 0 Å². The van der Waals surface area contributed by atoms with E-state index in [2.05, 4.69) is 20.5 Å². The van der Waals surface area contributed by atoms with E-state index >= 15 is 0 Å². The van der Waals surface area contributed by atoms with Gasteiger partial charge in [0.1, 0.15) is 6.33 Å². The lowest BCUT2D eigenvalue weighted by molar-refractivity contribution is -0.120. The summed E-state index contributed by atoms with van der Waals surface area (Å²) in [7, 11) is 1.82. The molecule has 2 aromatic rings. The quantitative estimate of drug-likeness (QED) is 0.779. The van der Waals surface area contributed by atoms with Gasteiger partial charge >= 0.3 is 0 Å². The number of carbonyl (C=O) groups excluding carboxylic acids is 1. The van der Waals surface area contributed by atoms with Gasteiger partial charge in [-0.15, -0.1) is 21.5 Å². The Balaban J connectivity index is 1.84. The zero-order valence-electron chi connectivity index (χ0n) is 9.25. The first-order valence-corrected chi connectivity index (χ1v) is 5.82. The van der Waals surface area contributed by atoms with E-state index in [1.54, 1.807) is 16.3 Å². The highest BCUT2D eigenvalue weighted by Gasteiger charge is 2.08. The molecule has 0 saturated heterocycles. The largest absolute Gasteiger partial charge is 0.375 e. The Labute approximate surface area is 102 Å². The zero-order valence-corrected chi connectivity index (χ0v) is 10.1. The Morgan fingerprint density at radius 1 is 1.65 bits per heavy atom. The number of carbonyl (C=O) groups is 1. The summed E-state index contributed by atoms with van der Waals surface area (Å²) in [6, 6.07) is 0. The maximum Gasteiger partial charge on any atom is 0.226 e. The lowest BCUT2D eigenvalue weighted by Gasteiger charge is -2.02. The summed E-state index contributed by atoms with van der Waals surface area (Å²) in [5.74, 6) is 0.592. The molecule has 0 aliphatic heterocycles. The molecule has 0 unspecified atom stereocenters. The summed E-state index contributed by atoms with van der Waals surface area (Å²) in [6.07, 6.45) is 1.81. The molecule has 0 aliphatic carbocycles. The number of hydrogen-bond acceptors (Lipinski definition) is 6. The molecule has 0 fully saturated rings. The van der Waals surface area contributed by atoms with E-state index in [0.29, 0.717) is 23.2 Å². The third kappa shape index (κ3) is 3.00. The lowest BCUT2D eigenvalue weighted by atomic mass is 10.3. The zero-order chi connectivity index (χ0) is 12.3. The van der Waals surface area contributed by atoms with Crippen molar-refractivity contribution >= 4 is 22.4 Å². The van der Waals surface area contributed by atoms with Crippen molar-refractivity contribution in [3.05, 3.63) is 23.2 Å². The second-order valence-electron chi connectivity index (χ2n) is 3.49. The van der Waals surface area contributed by atoms with Crippen molar-refractivity contribution in [2.24, 2.45) is 7.05 Å². The smallest absolute Gasteiger partial charge is 0.226 e. The van der Waals surface area contributed by atoms with Gasteiger partial charge in [0.25, 0.3) is 0 Å². The maximum atomic E-state index is 11.6. The first kappa shape index (κ1) is 11.5. The van der Waals surface area contributed by atoms with Crippen molar-refractivity contribution in [1.29, 1.82) is 0 Å². The molecule has 2 heterocycles. The van der Waals surface area contributed by atoms with Gasteiger partial charge in [-0.2, -0.15) is 0 Å². The van der Waals surface area contributed by atoms with Crippen molar-refractivity contribution in [3.8, 4) is 0 Å². The molecule has 0 saturated carbocycles. The number of nitrogens with one attached hydrogen (secondary N) is 1. The standard InChI is InChI=1S/C9H12N6OS/c1-15-5-12-14-7(15)3-11-8(16)2-6-4-17-9(10)13-6/h4-5H,2-3H2,1H3,(H2,10,13)(H,11,16). The van der Waals surface area contributed by atoms with E-state index in [4.69, 9.17) is 5.73 Å². The molecule has 0 aliphatic rings. The summed E-state index contributed by atoms with van der Waals surface area (Å²) in [6.45, 7) is 0.356. The van der Waals surface area contributed by atoms with E-state index in [9.17, 15) is 4.79 Å². The minimum absolute atomic E-state index is 0.113. The van der Waals surface area contributed by atoms with Gasteiger partial charge in [-0.3, -0.25) is 4.79 Å². The Morgan fingerprint density at radius 2 is 2.47 bits per heavy atom. The van der Waals surface area contributed by atoms with Gasteiger partial charge in [0.05, 0.1) is 18.7 Å². The number of amides is 1. The summed E-state index contributed by atoms with van der Waals surface area (Å²) < 4.78 is 1.75. The maximum absolute atomic E-state index is 11.6. The normalized spacial score (nSPS) is 10.4. The molecule has 0 bridgehead atoms. The van der Waals surface area contributed by atoms with Crippen LogP contribution in [0.2, 0.25) is 0 Å². The van der Waals surface area contributed by atoms with E-state index in [-0.39, 0.29) is 12.3 Å². The summed E-state index contributed by atoms with van der Waals surface area (Å²) in [5.41, 5.74) is 6.16. The molecule has 17 heavy (non-hydrogen) atoms. The van der Waals surface area contributed by atoms with E-state index in [1.807, 2.05) is 7.05 Å². The number of nitrogens with zero attached hydrogens (tertiary/aromatic N) is 4. The molecule has 3 N–H and O–H groups in total. The summed E-state index contributed by atoms with van der Waals surface area (Å²) in [4.78, 5) is 15.6. The van der Waals surface area contributed by atoms with Crippen LogP contribution in [0, 0.1) is 0 Å². The Kier molecular flexibility index (Phi) is 3.33. The van der Waals surface area contributed by atoms with Crippen LogP contribution in [0.25, 0.3) is 0 Å². The van der Waals surface area contributed by atoms with Crippen molar-refractivity contribution < 1.29 is 4.79 Å². The highest BCUT2D eigenvalue weighted by molar-refractivity contribution is 7.13. The summed E-state index contributed by atoms with van der Waals surface area (Å²) >= 11 is 1.32. The molecule has 0 spiro atoms. The SMILES string of the molecule is Cn1cnnc1CNC(=O)Cc1csc(N)n1. The van der Waals surface area contributed by atoms with Crippen LogP contribution in [0.3, 0.4) is 0 Å². The number of nitrogen functional groups attached to an aromatic ring is 1. The number of anilines is 1. The number of aromatic nitrogens is 4. The van der Waals surface area contributed by atoms with Crippen LogP contribution in [0.5, 0.6) is 0 Å². The Bertz CT molecular complexity index is 519. The van der Waals surface area contributed by atoms with Crippen molar-refractivity contribution in [2.45, 2.75) is 13.0 Å². The minimum atomic E-state index is -0.113. The van der Waals surface area contributed by atoms with Gasteiger partial charge in [0, 0.05) is 12.4 Å². The highest BCUT2D eigenvalue weighted by atomic mass is 32.1. The lowest BCUT2D eigenvalue weighted by Crippen LogP contribution is -2.26. The molecular weight excluding hydrogens is 240 g/mol. The molecule has 0 radical (unpaired) electrons. The molecule has 7 nitrogen and oxygen atoms in total. The number of rotatable bonds is 4. The van der Waals surface area contributed by atoms with Crippen LogP contribution in [-0.2, 0) is 24.8 Å². The molecule has 0 atom stereocenters. The van der Waals surface area contributed by atoms with E-state index in [1.165, 1.54) is 11.3 Å². The fourth-order valence-electron chi connectivity index (χ4n) is 1.28. The van der Waals surface area contributed by atoms with Crippen molar-refractivity contribution in [3.63, 3.8) is 0 Å². The predicted molar refractivity (Wildman–Crippen MR) is 63.1 cm³/mol. The van der Waals surface area contributed by atoms with Crippen LogP contribution in [-0.4, -0.2) is 25.7 Å². The van der Waals surface area contributed by atoms with Crippen LogP contribution < -0.4 is 11.1 Å². The minimum Gasteiger partial charge on any atom is -0.375 e. The highest BCUT2D eigenvalue weighted by Crippen LogP contribution is 2.11. The average molecular weight is 252 g/mol. The van der Waals surface area contributed by atoms with Crippen molar-refractivity contribution in [1.82, 2.24) is 25.1 Å². The second kappa shape index (κ2) is 4.91. The molecule has 0 aromatic carbocycles. The van der Waals surface area contributed by atoms with Crippen molar-refractivity contribution in [2.75, 3.05) is 5.73 Å². The number of aryl methyl sites for hydroxylation is 1. The average Bonchev–Trinajstić information content (AvgIpc) is 2.85. The second-order valence-corrected chi connectivity index (χ2v) is 4.38. The van der Waals surface area contributed by atoms with Gasteiger partial charge in [-0.25, -0.2) is 4.98 Å². The Hall–Kier alpha value is -1.96. The Morgan fingerprint density at radius 3 is 3.06 bits per heavy atom. The molecule has 2 aromatic heterocycles. The first-order valence-electron chi connectivity index (χ1n) is 4.94. The van der Waals surface area contributed by atoms with Crippen LogP contribution in [0.4, 0.5) is 5.13 Å². The fourth-order valence-corrected chi connectivity index (χ4v) is 1.84. The molecule has 1 amide bonds. The first-order chi connectivity index (χ1) is 8.15. The van der Waals surface area contributed by atoms with Crippen LogP contribution in [0.15, 0.2) is 11.7 Å². The molecule has 90 valence electrons. The third-order valence-electron chi connectivity index (χ3n) is 2.16. The predicted octanol–water partition coefficient (Wildman–Crippen LogP) is -0.287. The van der Waals surface area contributed by atoms with Gasteiger partial charge in [0.15, 0.2) is 11.0 Å². The van der Waals surface area contributed by atoms with Crippen LogP contribution >= 0.6 is 11.3 Å². The number of hydrogen-bond donors (Lipinski definition) is 2. The van der Waals surface area contributed by atoms with E-state index < -0.39 is 0 Å². The molecule has 8 heteroatoms. The van der Waals surface area contributed by atoms with Gasteiger partial charge in [-0.1, -0.05) is 0 Å². The van der Waals surface area contributed by atoms with Crippen LogP contribution in [0.1, 0.15) is 11.5 Å². The molecular formula is C9H12N6OS. The van der Waals surface area contributed by atoms with Gasteiger partial charge in [0.2, 0.25) is 5.91 Å². The van der Waals surface area contributed by atoms with E-state index in [0.717, 1.165) is 0 Å². The fraction of sp³-hybridized carbons (Fsp3) is 0.333.